The van der Waals surface area contributed by atoms with E-state index in [1.165, 1.54) is 19.3 Å². The van der Waals surface area contributed by atoms with Gasteiger partial charge in [-0.3, -0.25) is 0 Å². The predicted octanol–water partition coefficient (Wildman–Crippen LogP) is 2.87. The van der Waals surface area contributed by atoms with E-state index in [0.29, 0.717) is 0 Å². The van der Waals surface area contributed by atoms with Crippen LogP contribution in [0.4, 0.5) is 0 Å². The second-order valence-corrected chi connectivity index (χ2v) is 6.43. The van der Waals surface area contributed by atoms with E-state index in [2.05, 4.69) is 19.1 Å². The van der Waals surface area contributed by atoms with Crippen LogP contribution in [0, 0.1) is 35.5 Å². The van der Waals surface area contributed by atoms with Crippen LogP contribution < -0.4 is 0 Å². The zero-order valence-corrected chi connectivity index (χ0v) is 9.65. The molecule has 7 unspecified atom stereocenters. The SMILES string of the molecule is COC1(C)CC2CC1C1C3C=CC(C3)C21. The maximum Gasteiger partial charge on any atom is 0.0684 e. The van der Waals surface area contributed by atoms with Crippen molar-refractivity contribution in [3.05, 3.63) is 12.2 Å². The smallest absolute Gasteiger partial charge is 0.0684 e. The van der Waals surface area contributed by atoms with Crippen molar-refractivity contribution >= 4 is 0 Å². The predicted molar refractivity (Wildman–Crippen MR) is 59.3 cm³/mol. The number of fused-ring (bicyclic) bond motifs is 9. The summed E-state index contributed by atoms with van der Waals surface area (Å²) < 4.78 is 5.82. The minimum atomic E-state index is 0.212. The van der Waals surface area contributed by atoms with Gasteiger partial charge in [-0.05, 0) is 61.7 Å². The van der Waals surface area contributed by atoms with Crippen molar-refractivity contribution in [3.8, 4) is 0 Å². The van der Waals surface area contributed by atoms with E-state index in [9.17, 15) is 0 Å². The van der Waals surface area contributed by atoms with Gasteiger partial charge in [0.05, 0.1) is 5.60 Å². The van der Waals surface area contributed by atoms with Gasteiger partial charge in [-0.25, -0.2) is 0 Å². The van der Waals surface area contributed by atoms with Crippen LogP contribution >= 0.6 is 0 Å². The summed E-state index contributed by atoms with van der Waals surface area (Å²) in [5.74, 6) is 5.69. The minimum absolute atomic E-state index is 0.212. The summed E-state index contributed by atoms with van der Waals surface area (Å²) >= 11 is 0. The first kappa shape index (κ1) is 8.81. The third-order valence-corrected chi connectivity index (χ3v) is 6.07. The van der Waals surface area contributed by atoms with Gasteiger partial charge in [-0.15, -0.1) is 0 Å². The summed E-state index contributed by atoms with van der Waals surface area (Å²) in [4.78, 5) is 0. The lowest BCUT2D eigenvalue weighted by molar-refractivity contribution is -0.0722. The van der Waals surface area contributed by atoms with Crippen molar-refractivity contribution in [1.82, 2.24) is 0 Å². The van der Waals surface area contributed by atoms with Gasteiger partial charge in [0.1, 0.15) is 0 Å². The number of hydrogen-bond donors (Lipinski definition) is 0. The van der Waals surface area contributed by atoms with Crippen LogP contribution in [0.25, 0.3) is 0 Å². The summed E-state index contributed by atoms with van der Waals surface area (Å²) in [5, 5.41) is 0. The highest BCUT2D eigenvalue weighted by molar-refractivity contribution is 5.22. The normalized spacial score (nSPS) is 64.1. The van der Waals surface area contributed by atoms with Crippen molar-refractivity contribution in [2.45, 2.75) is 31.8 Å². The van der Waals surface area contributed by atoms with Crippen LogP contribution in [0.2, 0.25) is 0 Å². The first-order valence-electron chi connectivity index (χ1n) is 6.46. The lowest BCUT2D eigenvalue weighted by Gasteiger charge is -2.42. The molecule has 15 heavy (non-hydrogen) atoms. The van der Waals surface area contributed by atoms with Gasteiger partial charge in [-0.2, -0.15) is 0 Å². The maximum absolute atomic E-state index is 5.82. The lowest BCUT2D eigenvalue weighted by Crippen LogP contribution is -2.43. The summed E-state index contributed by atoms with van der Waals surface area (Å²) in [7, 11) is 1.92. The Morgan fingerprint density at radius 3 is 2.60 bits per heavy atom. The summed E-state index contributed by atoms with van der Waals surface area (Å²) in [5.41, 5.74) is 0.212. The maximum atomic E-state index is 5.82. The zero-order chi connectivity index (χ0) is 10.2. The Hall–Kier alpha value is -0.300. The van der Waals surface area contributed by atoms with Gasteiger partial charge in [-0.1, -0.05) is 12.2 Å². The molecule has 0 radical (unpaired) electrons. The molecule has 0 aromatic carbocycles. The Labute approximate surface area is 91.9 Å². The van der Waals surface area contributed by atoms with E-state index >= 15 is 0 Å². The van der Waals surface area contributed by atoms with Crippen molar-refractivity contribution in [2.75, 3.05) is 7.11 Å². The summed E-state index contributed by atoms with van der Waals surface area (Å²) in [6.45, 7) is 2.35. The molecule has 7 atom stereocenters. The quantitative estimate of drug-likeness (QED) is 0.471. The van der Waals surface area contributed by atoms with Crippen molar-refractivity contribution in [1.29, 1.82) is 0 Å². The van der Waals surface area contributed by atoms with E-state index in [0.717, 1.165) is 35.5 Å². The first-order chi connectivity index (χ1) is 7.23. The topological polar surface area (TPSA) is 9.23 Å². The van der Waals surface area contributed by atoms with E-state index in [1.807, 2.05) is 7.11 Å². The van der Waals surface area contributed by atoms with Crippen LogP contribution in [-0.4, -0.2) is 12.7 Å². The summed E-state index contributed by atoms with van der Waals surface area (Å²) in [6, 6.07) is 0. The molecule has 0 N–H and O–H groups in total. The third-order valence-electron chi connectivity index (χ3n) is 6.07. The van der Waals surface area contributed by atoms with E-state index in [4.69, 9.17) is 4.74 Å². The Kier molecular flexibility index (Phi) is 1.47. The van der Waals surface area contributed by atoms with Gasteiger partial charge in [0.15, 0.2) is 0 Å². The summed E-state index contributed by atoms with van der Waals surface area (Å²) in [6.07, 6.45) is 9.25. The Morgan fingerprint density at radius 1 is 1.13 bits per heavy atom. The standard InChI is InChI=1S/C14H20O/c1-14(15-2)7-10-6-11(14)13-9-4-3-8(5-9)12(10)13/h3-4,8-13H,5-7H2,1-2H3. The molecule has 3 saturated carbocycles. The van der Waals surface area contributed by atoms with Crippen LogP contribution in [0.1, 0.15) is 26.2 Å². The second kappa shape index (κ2) is 2.51. The highest BCUT2D eigenvalue weighted by Gasteiger charge is 2.64. The van der Waals surface area contributed by atoms with Gasteiger partial charge < -0.3 is 4.74 Å². The molecule has 1 heteroatoms. The van der Waals surface area contributed by atoms with Gasteiger partial charge in [0, 0.05) is 7.11 Å². The molecule has 0 heterocycles. The molecule has 0 saturated heterocycles. The molecule has 0 aromatic heterocycles. The molecule has 4 aliphatic carbocycles. The van der Waals surface area contributed by atoms with E-state index in [-0.39, 0.29) is 5.60 Å². The average Bonchev–Trinajstić information content (AvgIpc) is 2.93. The number of methoxy groups -OCH3 is 1. The first-order valence-corrected chi connectivity index (χ1v) is 6.46. The van der Waals surface area contributed by atoms with Gasteiger partial charge >= 0.3 is 0 Å². The average molecular weight is 204 g/mol. The van der Waals surface area contributed by atoms with Crippen molar-refractivity contribution in [3.63, 3.8) is 0 Å². The fraction of sp³-hybridized carbons (Fsp3) is 0.857. The van der Waals surface area contributed by atoms with Crippen LogP contribution in [0.5, 0.6) is 0 Å². The Bertz CT molecular complexity index is 334. The van der Waals surface area contributed by atoms with Gasteiger partial charge in [0.25, 0.3) is 0 Å². The Balaban J connectivity index is 1.74. The third kappa shape index (κ3) is 0.860. The molecule has 82 valence electrons. The Morgan fingerprint density at radius 2 is 1.87 bits per heavy atom. The fourth-order valence-corrected chi connectivity index (χ4v) is 5.55. The van der Waals surface area contributed by atoms with Crippen molar-refractivity contribution in [2.24, 2.45) is 35.5 Å². The molecule has 0 aliphatic heterocycles. The fourth-order valence-electron chi connectivity index (χ4n) is 5.55. The lowest BCUT2D eigenvalue weighted by atomic mass is 9.68. The molecule has 0 aromatic rings. The molecular formula is C14H20O. The molecule has 4 aliphatic rings. The molecule has 0 spiro atoms. The molecule has 4 bridgehead atoms. The van der Waals surface area contributed by atoms with Crippen LogP contribution in [0.3, 0.4) is 0 Å². The van der Waals surface area contributed by atoms with Gasteiger partial charge in [0.2, 0.25) is 0 Å². The van der Waals surface area contributed by atoms with Crippen LogP contribution in [-0.2, 0) is 4.74 Å². The largest absolute Gasteiger partial charge is 0.378 e. The minimum Gasteiger partial charge on any atom is -0.378 e. The molecular weight excluding hydrogens is 184 g/mol. The number of allylic oxidation sites excluding steroid dienone is 2. The molecule has 0 amide bonds. The molecule has 1 nitrogen and oxygen atoms in total. The van der Waals surface area contributed by atoms with Crippen LogP contribution in [0.15, 0.2) is 12.2 Å². The highest BCUT2D eigenvalue weighted by Crippen LogP contribution is 2.68. The number of rotatable bonds is 1. The van der Waals surface area contributed by atoms with E-state index in [1.54, 1.807) is 0 Å². The zero-order valence-electron chi connectivity index (χ0n) is 9.65. The van der Waals surface area contributed by atoms with E-state index < -0.39 is 0 Å². The number of hydrogen-bond acceptors (Lipinski definition) is 1. The second-order valence-electron chi connectivity index (χ2n) is 6.43. The molecule has 3 fully saturated rings. The molecule has 4 rings (SSSR count). The number of ether oxygens (including phenoxy) is 1. The monoisotopic (exact) mass is 204 g/mol. The highest BCUT2D eigenvalue weighted by atomic mass is 16.5. The van der Waals surface area contributed by atoms with Crippen molar-refractivity contribution < 1.29 is 4.74 Å².